The van der Waals surface area contributed by atoms with Crippen LogP contribution >= 0.6 is 0 Å². The number of nitriles is 1. The molecular weight excluding hydrogens is 490 g/mol. The van der Waals surface area contributed by atoms with Gasteiger partial charge in [-0.25, -0.2) is 0 Å². The third-order valence-corrected chi connectivity index (χ3v) is 8.97. The number of ether oxygens (including phenoxy) is 1. The van der Waals surface area contributed by atoms with Gasteiger partial charge in [-0.15, -0.1) is 0 Å². The van der Waals surface area contributed by atoms with E-state index in [1.165, 1.54) is 88.2 Å². The predicted molar refractivity (Wildman–Crippen MR) is 167 cm³/mol. The molecule has 0 aromatic heterocycles. The summed E-state index contributed by atoms with van der Waals surface area (Å²) in [7, 11) is 0. The van der Waals surface area contributed by atoms with E-state index in [1.54, 1.807) is 0 Å². The lowest BCUT2D eigenvalue weighted by atomic mass is 9.78. The molecule has 0 saturated heterocycles. The third-order valence-electron chi connectivity index (χ3n) is 8.97. The monoisotopic (exact) mass is 543 g/mol. The summed E-state index contributed by atoms with van der Waals surface area (Å²) in [5.74, 6) is 1.06. The highest BCUT2D eigenvalue weighted by atomic mass is 16.5. The van der Waals surface area contributed by atoms with Gasteiger partial charge in [-0.1, -0.05) is 115 Å². The van der Waals surface area contributed by atoms with E-state index in [0.717, 1.165) is 37.7 Å². The van der Waals surface area contributed by atoms with Crippen molar-refractivity contribution in [2.45, 2.75) is 142 Å². The SMILES string of the molecule is CCCCCCCCCc1ccc(C2CCC(C(=O)Oc3ccc(C(C)CCCCCC)cc3C#N)CC2)cc1. The van der Waals surface area contributed by atoms with Gasteiger partial charge in [-0.3, -0.25) is 4.79 Å². The van der Waals surface area contributed by atoms with E-state index < -0.39 is 0 Å². The first kappa shape index (κ1) is 31.9. The normalized spacial score (nSPS) is 17.8. The Hall–Kier alpha value is -2.60. The Bertz CT molecular complexity index is 1040. The van der Waals surface area contributed by atoms with Crippen LogP contribution in [-0.4, -0.2) is 5.97 Å². The Morgan fingerprint density at radius 1 is 0.850 bits per heavy atom. The van der Waals surface area contributed by atoms with Crippen molar-refractivity contribution in [2.24, 2.45) is 5.92 Å². The molecule has 218 valence electrons. The van der Waals surface area contributed by atoms with Gasteiger partial charge in [0, 0.05) is 0 Å². The Balaban J connectivity index is 1.43. The van der Waals surface area contributed by atoms with E-state index in [-0.39, 0.29) is 11.9 Å². The van der Waals surface area contributed by atoms with Gasteiger partial charge in [0.25, 0.3) is 0 Å². The zero-order valence-corrected chi connectivity index (χ0v) is 25.6. The van der Waals surface area contributed by atoms with Crippen LogP contribution in [-0.2, 0) is 11.2 Å². The van der Waals surface area contributed by atoms with E-state index in [0.29, 0.717) is 23.1 Å². The van der Waals surface area contributed by atoms with Crippen molar-refractivity contribution in [3.05, 3.63) is 64.7 Å². The zero-order chi connectivity index (χ0) is 28.6. The van der Waals surface area contributed by atoms with Gasteiger partial charge in [0.15, 0.2) is 0 Å². The molecule has 0 amide bonds. The summed E-state index contributed by atoms with van der Waals surface area (Å²) >= 11 is 0. The molecule has 1 aliphatic carbocycles. The Morgan fingerprint density at radius 2 is 1.48 bits per heavy atom. The summed E-state index contributed by atoms with van der Waals surface area (Å²) in [6, 6.07) is 17.3. The van der Waals surface area contributed by atoms with Crippen molar-refractivity contribution in [1.29, 1.82) is 5.26 Å². The fourth-order valence-electron chi connectivity index (χ4n) is 6.17. The average Bonchev–Trinajstić information content (AvgIpc) is 2.99. The van der Waals surface area contributed by atoms with Crippen LogP contribution in [0.15, 0.2) is 42.5 Å². The number of hydrogen-bond acceptors (Lipinski definition) is 3. The van der Waals surface area contributed by atoms with Crippen LogP contribution in [0.25, 0.3) is 0 Å². The summed E-state index contributed by atoms with van der Waals surface area (Å²) in [4.78, 5) is 13.0. The van der Waals surface area contributed by atoms with Crippen LogP contribution in [0.3, 0.4) is 0 Å². The van der Waals surface area contributed by atoms with Gasteiger partial charge in [0.05, 0.1) is 11.5 Å². The Kier molecular flexibility index (Phi) is 14.3. The highest BCUT2D eigenvalue weighted by molar-refractivity contribution is 5.76. The number of benzene rings is 2. The first-order valence-electron chi connectivity index (χ1n) is 16.4. The molecule has 1 aliphatic rings. The van der Waals surface area contributed by atoms with E-state index in [1.807, 2.05) is 18.2 Å². The minimum Gasteiger partial charge on any atom is -0.425 e. The number of unbranched alkanes of at least 4 members (excludes halogenated alkanes) is 9. The second-order valence-corrected chi connectivity index (χ2v) is 12.2. The van der Waals surface area contributed by atoms with Crippen molar-refractivity contribution >= 4 is 5.97 Å². The Morgan fingerprint density at radius 3 is 2.12 bits per heavy atom. The smallest absolute Gasteiger partial charge is 0.314 e. The maximum atomic E-state index is 13.0. The first-order valence-corrected chi connectivity index (χ1v) is 16.4. The minimum absolute atomic E-state index is 0.0865. The van der Waals surface area contributed by atoms with Gasteiger partial charge >= 0.3 is 5.97 Å². The number of rotatable bonds is 17. The molecule has 1 fully saturated rings. The predicted octanol–water partition coefficient (Wildman–Crippen LogP) is 10.8. The maximum absolute atomic E-state index is 13.0. The highest BCUT2D eigenvalue weighted by Gasteiger charge is 2.29. The number of hydrogen-bond donors (Lipinski definition) is 0. The molecule has 0 N–H and O–H groups in total. The molecule has 3 heteroatoms. The van der Waals surface area contributed by atoms with Crippen LogP contribution in [0.2, 0.25) is 0 Å². The molecular formula is C37H53NO2. The topological polar surface area (TPSA) is 50.1 Å². The third kappa shape index (κ3) is 10.4. The molecule has 0 aliphatic heterocycles. The van der Waals surface area contributed by atoms with Gasteiger partial charge in [-0.2, -0.15) is 5.26 Å². The van der Waals surface area contributed by atoms with Gasteiger partial charge < -0.3 is 4.74 Å². The van der Waals surface area contributed by atoms with Gasteiger partial charge in [-0.05, 0) is 85.6 Å². The van der Waals surface area contributed by atoms with Gasteiger partial charge in [0.1, 0.15) is 11.8 Å². The molecule has 1 saturated carbocycles. The fraction of sp³-hybridized carbons (Fsp3) is 0.622. The summed E-state index contributed by atoms with van der Waals surface area (Å²) in [5.41, 5.74) is 4.47. The molecule has 3 rings (SSSR count). The Labute approximate surface area is 244 Å². The lowest BCUT2D eigenvalue weighted by Crippen LogP contribution is -2.25. The van der Waals surface area contributed by atoms with Crippen molar-refractivity contribution < 1.29 is 9.53 Å². The molecule has 3 nitrogen and oxygen atoms in total. The van der Waals surface area contributed by atoms with Crippen molar-refractivity contribution in [2.75, 3.05) is 0 Å². The summed E-state index contributed by atoms with van der Waals surface area (Å²) in [6.45, 7) is 6.72. The number of esters is 1. The average molecular weight is 544 g/mol. The number of aryl methyl sites for hydroxylation is 1. The number of carbonyl (C=O) groups excluding carboxylic acids is 1. The summed E-state index contributed by atoms with van der Waals surface area (Å²) < 4.78 is 5.79. The molecule has 0 heterocycles. The fourth-order valence-corrected chi connectivity index (χ4v) is 6.17. The highest BCUT2D eigenvalue weighted by Crippen LogP contribution is 2.37. The summed E-state index contributed by atoms with van der Waals surface area (Å²) in [5, 5.41) is 9.73. The van der Waals surface area contributed by atoms with Crippen molar-refractivity contribution in [1.82, 2.24) is 0 Å². The lowest BCUT2D eigenvalue weighted by Gasteiger charge is -2.27. The zero-order valence-electron chi connectivity index (χ0n) is 25.6. The van der Waals surface area contributed by atoms with E-state index in [4.69, 9.17) is 4.74 Å². The molecule has 1 unspecified atom stereocenters. The maximum Gasteiger partial charge on any atom is 0.314 e. The van der Waals surface area contributed by atoms with E-state index in [9.17, 15) is 10.1 Å². The molecule has 0 bridgehead atoms. The standard InChI is InChI=1S/C37H53NO2/c1-4-6-8-10-11-12-14-16-30-17-19-31(20-18-30)32-21-23-33(24-22-32)37(39)40-36-26-25-34(27-35(36)28-38)29(3)15-13-9-7-5-2/h17-20,25-27,29,32-33H,4-16,21-24H2,1-3H3. The summed E-state index contributed by atoms with van der Waals surface area (Å²) in [6.07, 6.45) is 20.4. The van der Waals surface area contributed by atoms with Crippen LogP contribution < -0.4 is 4.74 Å². The second-order valence-electron chi connectivity index (χ2n) is 12.2. The number of nitrogens with zero attached hydrogens (tertiary/aromatic N) is 1. The van der Waals surface area contributed by atoms with Crippen LogP contribution in [0, 0.1) is 17.2 Å². The molecule has 1 atom stereocenters. The molecule has 2 aromatic rings. The molecule has 2 aromatic carbocycles. The minimum atomic E-state index is -0.180. The molecule has 40 heavy (non-hydrogen) atoms. The quantitative estimate of drug-likeness (QED) is 0.113. The molecule has 0 radical (unpaired) electrons. The van der Waals surface area contributed by atoms with E-state index >= 15 is 0 Å². The van der Waals surface area contributed by atoms with Crippen LogP contribution in [0.5, 0.6) is 5.75 Å². The number of carbonyl (C=O) groups is 1. The van der Waals surface area contributed by atoms with Crippen LogP contribution in [0.1, 0.15) is 158 Å². The van der Waals surface area contributed by atoms with Crippen molar-refractivity contribution in [3.8, 4) is 11.8 Å². The molecule has 0 spiro atoms. The van der Waals surface area contributed by atoms with Crippen LogP contribution in [0.4, 0.5) is 0 Å². The first-order chi connectivity index (χ1) is 19.5. The van der Waals surface area contributed by atoms with Crippen molar-refractivity contribution in [3.63, 3.8) is 0 Å². The largest absolute Gasteiger partial charge is 0.425 e. The van der Waals surface area contributed by atoms with E-state index in [2.05, 4.69) is 51.1 Å². The lowest BCUT2D eigenvalue weighted by molar-refractivity contribution is -0.140. The second kappa shape index (κ2) is 18.0. The van der Waals surface area contributed by atoms with Gasteiger partial charge in [0.2, 0.25) is 0 Å².